The fraction of sp³-hybridized carbons (Fsp3) is 0.316. The number of hydrogen-bond donors (Lipinski definition) is 2. The van der Waals surface area contributed by atoms with E-state index in [-0.39, 0.29) is 17.7 Å². The van der Waals surface area contributed by atoms with E-state index in [9.17, 15) is 9.59 Å². The number of pyridine rings is 1. The van der Waals surface area contributed by atoms with Crippen LogP contribution >= 0.6 is 0 Å². The number of carbonyl (C=O) groups is 2. The minimum atomic E-state index is -0.199. The maximum atomic E-state index is 12.1. The molecule has 5 heteroatoms. The van der Waals surface area contributed by atoms with Crippen LogP contribution in [0.15, 0.2) is 48.8 Å². The molecule has 1 saturated carbocycles. The highest BCUT2D eigenvalue weighted by atomic mass is 16.2. The summed E-state index contributed by atoms with van der Waals surface area (Å²) >= 11 is 0. The molecule has 24 heavy (non-hydrogen) atoms. The van der Waals surface area contributed by atoms with Crippen molar-refractivity contribution in [2.45, 2.75) is 32.2 Å². The minimum absolute atomic E-state index is 0.136. The molecule has 1 aliphatic rings. The zero-order valence-electron chi connectivity index (χ0n) is 13.5. The molecule has 0 unspecified atom stereocenters. The largest absolute Gasteiger partial charge is 0.352 e. The number of hydrogen-bond acceptors (Lipinski definition) is 3. The SMILES string of the molecule is O=C(Nc1cccc(CNC(=O)C2CCCC2)c1)c1cccnc1. The van der Waals surface area contributed by atoms with Crippen LogP contribution in [0.4, 0.5) is 5.69 Å². The van der Waals surface area contributed by atoms with Crippen molar-refractivity contribution in [3.63, 3.8) is 0 Å². The van der Waals surface area contributed by atoms with Gasteiger partial charge in [-0.2, -0.15) is 0 Å². The van der Waals surface area contributed by atoms with E-state index < -0.39 is 0 Å². The van der Waals surface area contributed by atoms with E-state index in [1.54, 1.807) is 18.3 Å². The van der Waals surface area contributed by atoms with Crippen molar-refractivity contribution in [3.8, 4) is 0 Å². The van der Waals surface area contributed by atoms with Crippen molar-refractivity contribution < 1.29 is 9.59 Å². The van der Waals surface area contributed by atoms with Gasteiger partial charge in [-0.3, -0.25) is 14.6 Å². The van der Waals surface area contributed by atoms with E-state index in [4.69, 9.17) is 0 Å². The summed E-state index contributed by atoms with van der Waals surface area (Å²) in [4.78, 5) is 28.2. The average molecular weight is 323 g/mol. The zero-order chi connectivity index (χ0) is 16.8. The lowest BCUT2D eigenvalue weighted by Crippen LogP contribution is -2.28. The Morgan fingerprint density at radius 1 is 1.12 bits per heavy atom. The Labute approximate surface area is 141 Å². The fourth-order valence-electron chi connectivity index (χ4n) is 2.98. The van der Waals surface area contributed by atoms with Gasteiger partial charge in [0.15, 0.2) is 0 Å². The van der Waals surface area contributed by atoms with Crippen LogP contribution in [0.3, 0.4) is 0 Å². The topological polar surface area (TPSA) is 71.1 Å². The number of aromatic nitrogens is 1. The average Bonchev–Trinajstić information content (AvgIpc) is 3.15. The fourth-order valence-corrected chi connectivity index (χ4v) is 2.98. The van der Waals surface area contributed by atoms with Gasteiger partial charge in [0.1, 0.15) is 0 Å². The van der Waals surface area contributed by atoms with Crippen LogP contribution in [0.1, 0.15) is 41.6 Å². The van der Waals surface area contributed by atoms with Crippen molar-refractivity contribution in [3.05, 3.63) is 59.9 Å². The molecule has 2 aromatic rings. The molecule has 3 rings (SSSR count). The first-order chi connectivity index (χ1) is 11.7. The molecular weight excluding hydrogens is 302 g/mol. The summed E-state index contributed by atoms with van der Waals surface area (Å²) in [5.41, 5.74) is 2.18. The number of amides is 2. The quantitative estimate of drug-likeness (QED) is 0.888. The molecule has 0 bridgehead atoms. The molecule has 0 saturated heterocycles. The Morgan fingerprint density at radius 3 is 2.71 bits per heavy atom. The Kier molecular flexibility index (Phi) is 5.21. The van der Waals surface area contributed by atoms with E-state index >= 15 is 0 Å². The zero-order valence-corrected chi connectivity index (χ0v) is 13.5. The monoisotopic (exact) mass is 323 g/mol. The molecule has 0 atom stereocenters. The summed E-state index contributed by atoms with van der Waals surface area (Å²) in [6.07, 6.45) is 7.44. The molecule has 5 nitrogen and oxygen atoms in total. The first kappa shape index (κ1) is 16.2. The molecule has 1 aromatic heterocycles. The Bertz CT molecular complexity index is 710. The van der Waals surface area contributed by atoms with Crippen molar-refractivity contribution in [2.75, 3.05) is 5.32 Å². The number of carbonyl (C=O) groups excluding carboxylic acids is 2. The van der Waals surface area contributed by atoms with Crippen LogP contribution in [0, 0.1) is 5.92 Å². The Morgan fingerprint density at radius 2 is 1.96 bits per heavy atom. The molecule has 0 radical (unpaired) electrons. The van der Waals surface area contributed by atoms with Gasteiger partial charge in [-0.05, 0) is 42.7 Å². The summed E-state index contributed by atoms with van der Waals surface area (Å²) in [7, 11) is 0. The van der Waals surface area contributed by atoms with E-state index in [1.165, 1.54) is 6.20 Å². The lowest BCUT2D eigenvalue weighted by molar-refractivity contribution is -0.124. The van der Waals surface area contributed by atoms with Crippen LogP contribution in [0.25, 0.3) is 0 Å². The predicted octanol–water partition coefficient (Wildman–Crippen LogP) is 3.14. The van der Waals surface area contributed by atoms with Gasteiger partial charge in [-0.25, -0.2) is 0 Å². The normalized spacial score (nSPS) is 14.3. The van der Waals surface area contributed by atoms with Gasteiger partial charge in [-0.15, -0.1) is 0 Å². The first-order valence-electron chi connectivity index (χ1n) is 8.30. The van der Waals surface area contributed by atoms with Crippen LogP contribution in [-0.4, -0.2) is 16.8 Å². The number of nitrogens with zero attached hydrogens (tertiary/aromatic N) is 1. The molecule has 1 fully saturated rings. The van der Waals surface area contributed by atoms with Gasteiger partial charge in [-0.1, -0.05) is 25.0 Å². The van der Waals surface area contributed by atoms with E-state index in [2.05, 4.69) is 15.6 Å². The highest BCUT2D eigenvalue weighted by Crippen LogP contribution is 2.24. The third-order valence-electron chi connectivity index (χ3n) is 4.30. The van der Waals surface area contributed by atoms with Crippen molar-refractivity contribution in [1.82, 2.24) is 10.3 Å². The molecule has 1 aliphatic carbocycles. The Balaban J connectivity index is 1.57. The van der Waals surface area contributed by atoms with Gasteiger partial charge in [0.2, 0.25) is 5.91 Å². The van der Waals surface area contributed by atoms with Crippen LogP contribution in [0.2, 0.25) is 0 Å². The van der Waals surface area contributed by atoms with Gasteiger partial charge in [0.25, 0.3) is 5.91 Å². The maximum Gasteiger partial charge on any atom is 0.257 e. The summed E-state index contributed by atoms with van der Waals surface area (Å²) in [5.74, 6) is 0.103. The van der Waals surface area contributed by atoms with Gasteiger partial charge in [0.05, 0.1) is 5.56 Å². The lowest BCUT2D eigenvalue weighted by atomic mass is 10.1. The molecule has 124 valence electrons. The highest BCUT2D eigenvalue weighted by Gasteiger charge is 2.22. The van der Waals surface area contributed by atoms with E-state index in [1.807, 2.05) is 24.3 Å². The van der Waals surface area contributed by atoms with Gasteiger partial charge >= 0.3 is 0 Å². The molecule has 0 aliphatic heterocycles. The third kappa shape index (κ3) is 4.19. The van der Waals surface area contributed by atoms with Crippen molar-refractivity contribution in [1.29, 1.82) is 0 Å². The number of rotatable bonds is 5. The maximum absolute atomic E-state index is 12.1. The van der Waals surface area contributed by atoms with Crippen molar-refractivity contribution >= 4 is 17.5 Å². The summed E-state index contributed by atoms with van der Waals surface area (Å²) in [5, 5.41) is 5.84. The molecule has 2 N–H and O–H groups in total. The molecule has 1 heterocycles. The number of nitrogens with one attached hydrogen (secondary N) is 2. The minimum Gasteiger partial charge on any atom is -0.352 e. The van der Waals surface area contributed by atoms with E-state index in [0.717, 1.165) is 31.2 Å². The van der Waals surface area contributed by atoms with Crippen LogP contribution in [0.5, 0.6) is 0 Å². The summed E-state index contributed by atoms with van der Waals surface area (Å²) in [6.45, 7) is 0.478. The van der Waals surface area contributed by atoms with Crippen molar-refractivity contribution in [2.24, 2.45) is 5.92 Å². The van der Waals surface area contributed by atoms with Crippen LogP contribution in [-0.2, 0) is 11.3 Å². The number of anilines is 1. The second-order valence-corrected chi connectivity index (χ2v) is 6.10. The lowest BCUT2D eigenvalue weighted by Gasteiger charge is -2.11. The van der Waals surface area contributed by atoms with Crippen LogP contribution < -0.4 is 10.6 Å². The second kappa shape index (κ2) is 7.73. The highest BCUT2D eigenvalue weighted by molar-refractivity contribution is 6.04. The summed E-state index contributed by atoms with van der Waals surface area (Å²) in [6, 6.07) is 11.0. The summed E-state index contributed by atoms with van der Waals surface area (Å²) < 4.78 is 0. The smallest absolute Gasteiger partial charge is 0.257 e. The molecule has 0 spiro atoms. The standard InChI is InChI=1S/C19H21N3O2/c23-18(15-6-1-2-7-15)21-12-14-5-3-9-17(11-14)22-19(24)16-8-4-10-20-13-16/h3-5,8-11,13,15H,1-2,6-7,12H2,(H,21,23)(H,22,24). The third-order valence-corrected chi connectivity index (χ3v) is 4.30. The molecule has 1 aromatic carbocycles. The Hall–Kier alpha value is -2.69. The van der Waals surface area contributed by atoms with Gasteiger partial charge < -0.3 is 10.6 Å². The predicted molar refractivity (Wildman–Crippen MR) is 92.4 cm³/mol. The van der Waals surface area contributed by atoms with E-state index in [0.29, 0.717) is 17.8 Å². The second-order valence-electron chi connectivity index (χ2n) is 6.10. The number of benzene rings is 1. The van der Waals surface area contributed by atoms with Gasteiger partial charge in [0, 0.05) is 30.5 Å². The first-order valence-corrected chi connectivity index (χ1v) is 8.30. The molecular formula is C19H21N3O2. The molecule has 2 amide bonds.